The number of anilines is 1. The first-order chi connectivity index (χ1) is 9.06. The van der Waals surface area contributed by atoms with E-state index >= 15 is 0 Å². The van der Waals surface area contributed by atoms with Gasteiger partial charge in [0.05, 0.1) is 10.6 Å². The van der Waals surface area contributed by atoms with Crippen molar-refractivity contribution in [2.75, 3.05) is 30.3 Å². The second kappa shape index (κ2) is 5.92. The average Bonchev–Trinajstić information content (AvgIpc) is 2.88. The van der Waals surface area contributed by atoms with Crippen LogP contribution in [0.5, 0.6) is 0 Å². The van der Waals surface area contributed by atoms with E-state index in [4.69, 9.17) is 5.11 Å². The molecule has 1 fully saturated rings. The van der Waals surface area contributed by atoms with Crippen molar-refractivity contribution in [2.45, 2.75) is 24.7 Å². The molecule has 19 heavy (non-hydrogen) atoms. The largest absolute Gasteiger partial charge is 0.396 e. The van der Waals surface area contributed by atoms with E-state index in [0.717, 1.165) is 31.6 Å². The quantitative estimate of drug-likeness (QED) is 0.893. The van der Waals surface area contributed by atoms with Gasteiger partial charge in [0.2, 0.25) is 0 Å². The molecule has 0 radical (unpaired) electrons. The molecule has 1 N–H and O–H groups in total. The van der Waals surface area contributed by atoms with Gasteiger partial charge in [0, 0.05) is 25.4 Å². The van der Waals surface area contributed by atoms with Crippen molar-refractivity contribution in [1.82, 2.24) is 0 Å². The SMILES string of the molecule is CCS(=O)(=O)c1ccc(N2CCC(CCO)C2)cc1. The van der Waals surface area contributed by atoms with Crippen molar-refractivity contribution in [1.29, 1.82) is 0 Å². The van der Waals surface area contributed by atoms with Crippen molar-refractivity contribution < 1.29 is 13.5 Å². The minimum Gasteiger partial charge on any atom is -0.396 e. The van der Waals surface area contributed by atoms with Crippen LogP contribution in [0, 0.1) is 5.92 Å². The average molecular weight is 283 g/mol. The van der Waals surface area contributed by atoms with Crippen molar-refractivity contribution in [3.8, 4) is 0 Å². The van der Waals surface area contributed by atoms with E-state index in [9.17, 15) is 8.42 Å². The molecule has 0 aromatic heterocycles. The van der Waals surface area contributed by atoms with Crippen LogP contribution in [0.1, 0.15) is 19.8 Å². The van der Waals surface area contributed by atoms with Gasteiger partial charge >= 0.3 is 0 Å². The molecule has 0 spiro atoms. The van der Waals surface area contributed by atoms with Crippen LogP contribution in [0.4, 0.5) is 5.69 Å². The second-order valence-electron chi connectivity index (χ2n) is 5.01. The number of aliphatic hydroxyl groups is 1. The molecule has 106 valence electrons. The fourth-order valence-corrected chi connectivity index (χ4v) is 3.40. The monoisotopic (exact) mass is 283 g/mol. The van der Waals surface area contributed by atoms with Gasteiger partial charge in [-0.2, -0.15) is 0 Å². The van der Waals surface area contributed by atoms with Crippen molar-refractivity contribution in [3.05, 3.63) is 24.3 Å². The Morgan fingerprint density at radius 3 is 2.58 bits per heavy atom. The Morgan fingerprint density at radius 2 is 2.00 bits per heavy atom. The lowest BCUT2D eigenvalue weighted by Gasteiger charge is -2.19. The van der Waals surface area contributed by atoms with E-state index in [1.165, 1.54) is 0 Å². The minimum atomic E-state index is -3.11. The van der Waals surface area contributed by atoms with Gasteiger partial charge in [-0.05, 0) is 43.0 Å². The van der Waals surface area contributed by atoms with E-state index in [0.29, 0.717) is 10.8 Å². The normalized spacial score (nSPS) is 19.9. The summed E-state index contributed by atoms with van der Waals surface area (Å²) in [6, 6.07) is 7.13. The topological polar surface area (TPSA) is 57.6 Å². The first-order valence-electron chi connectivity index (χ1n) is 6.75. The third-order valence-electron chi connectivity index (χ3n) is 3.76. The zero-order valence-corrected chi connectivity index (χ0v) is 12.1. The molecule has 1 unspecified atom stereocenters. The van der Waals surface area contributed by atoms with E-state index in [-0.39, 0.29) is 12.4 Å². The number of benzene rings is 1. The predicted octanol–water partition coefficient (Wildman–Crippen LogP) is 1.69. The molecule has 0 aliphatic carbocycles. The van der Waals surface area contributed by atoms with Gasteiger partial charge in [0.15, 0.2) is 9.84 Å². The molecule has 1 aromatic rings. The summed E-state index contributed by atoms with van der Waals surface area (Å²) in [6.07, 6.45) is 1.94. The minimum absolute atomic E-state index is 0.134. The lowest BCUT2D eigenvalue weighted by molar-refractivity contribution is 0.263. The summed E-state index contributed by atoms with van der Waals surface area (Å²) < 4.78 is 23.5. The smallest absolute Gasteiger partial charge is 0.178 e. The van der Waals surface area contributed by atoms with Crippen LogP contribution in [0.2, 0.25) is 0 Å². The fraction of sp³-hybridized carbons (Fsp3) is 0.571. The molecule has 0 amide bonds. The molecule has 5 heteroatoms. The summed E-state index contributed by atoms with van der Waals surface area (Å²) in [5.74, 6) is 0.679. The molecule has 1 atom stereocenters. The molecule has 1 saturated heterocycles. The van der Waals surface area contributed by atoms with Crippen LogP contribution in [0.3, 0.4) is 0 Å². The number of sulfone groups is 1. The van der Waals surface area contributed by atoms with Crippen LogP contribution in [-0.4, -0.2) is 39.0 Å². The number of hydrogen-bond acceptors (Lipinski definition) is 4. The standard InChI is InChI=1S/C14H21NO3S/c1-2-19(17,18)14-5-3-13(4-6-14)15-9-7-12(11-15)8-10-16/h3-6,12,16H,2,7-11H2,1H3. The fourth-order valence-electron chi connectivity index (χ4n) is 2.52. The van der Waals surface area contributed by atoms with E-state index in [1.54, 1.807) is 19.1 Å². The maximum absolute atomic E-state index is 11.7. The number of nitrogens with zero attached hydrogens (tertiary/aromatic N) is 1. The summed E-state index contributed by atoms with van der Waals surface area (Å²) in [4.78, 5) is 2.65. The zero-order chi connectivity index (χ0) is 13.9. The highest BCUT2D eigenvalue weighted by atomic mass is 32.2. The number of hydrogen-bond donors (Lipinski definition) is 1. The van der Waals surface area contributed by atoms with Crippen LogP contribution >= 0.6 is 0 Å². The van der Waals surface area contributed by atoms with Gasteiger partial charge in [-0.3, -0.25) is 0 Å². The van der Waals surface area contributed by atoms with Gasteiger partial charge in [-0.25, -0.2) is 8.42 Å². The van der Waals surface area contributed by atoms with Gasteiger partial charge in [-0.1, -0.05) is 6.92 Å². The molecule has 2 rings (SSSR count). The molecule has 1 aromatic carbocycles. The highest BCUT2D eigenvalue weighted by molar-refractivity contribution is 7.91. The molecule has 4 nitrogen and oxygen atoms in total. The van der Waals surface area contributed by atoms with Gasteiger partial charge in [-0.15, -0.1) is 0 Å². The summed E-state index contributed by atoms with van der Waals surface area (Å²) >= 11 is 0. The number of rotatable bonds is 5. The van der Waals surface area contributed by atoms with Gasteiger partial charge in [0.1, 0.15) is 0 Å². The summed E-state index contributed by atoms with van der Waals surface area (Å²) in [5.41, 5.74) is 1.07. The Balaban J connectivity index is 2.08. The first kappa shape index (κ1) is 14.3. The Bertz CT molecular complexity index is 510. The molecular formula is C14H21NO3S. The van der Waals surface area contributed by atoms with Crippen LogP contribution in [0.15, 0.2) is 29.2 Å². The maximum Gasteiger partial charge on any atom is 0.178 e. The molecule has 1 heterocycles. The molecule has 1 aliphatic rings. The lowest BCUT2D eigenvalue weighted by Crippen LogP contribution is -2.19. The van der Waals surface area contributed by atoms with Crippen molar-refractivity contribution >= 4 is 15.5 Å². The Labute approximate surface area is 115 Å². The van der Waals surface area contributed by atoms with Crippen LogP contribution in [0.25, 0.3) is 0 Å². The molecule has 1 aliphatic heterocycles. The number of aliphatic hydroxyl groups excluding tert-OH is 1. The van der Waals surface area contributed by atoms with Gasteiger partial charge < -0.3 is 10.0 Å². The maximum atomic E-state index is 11.7. The van der Waals surface area contributed by atoms with Gasteiger partial charge in [0.25, 0.3) is 0 Å². The molecule has 0 bridgehead atoms. The summed E-state index contributed by atoms with van der Waals surface area (Å²) in [5, 5.41) is 8.95. The van der Waals surface area contributed by atoms with E-state index in [1.807, 2.05) is 12.1 Å². The van der Waals surface area contributed by atoms with E-state index in [2.05, 4.69) is 4.90 Å². The zero-order valence-electron chi connectivity index (χ0n) is 11.2. The molecular weight excluding hydrogens is 262 g/mol. The summed E-state index contributed by atoms with van der Waals surface area (Å²) in [6.45, 7) is 3.82. The van der Waals surface area contributed by atoms with Crippen molar-refractivity contribution in [3.63, 3.8) is 0 Å². The highest BCUT2D eigenvalue weighted by Gasteiger charge is 2.22. The third kappa shape index (κ3) is 3.28. The third-order valence-corrected chi connectivity index (χ3v) is 5.51. The second-order valence-corrected chi connectivity index (χ2v) is 7.29. The van der Waals surface area contributed by atoms with Crippen LogP contribution in [-0.2, 0) is 9.84 Å². The lowest BCUT2D eigenvalue weighted by atomic mass is 10.1. The Kier molecular flexibility index (Phi) is 4.47. The van der Waals surface area contributed by atoms with Crippen molar-refractivity contribution in [2.24, 2.45) is 5.92 Å². The Morgan fingerprint density at radius 1 is 1.32 bits per heavy atom. The Hall–Kier alpha value is -1.07. The molecule has 0 saturated carbocycles. The first-order valence-corrected chi connectivity index (χ1v) is 8.40. The van der Waals surface area contributed by atoms with Crippen LogP contribution < -0.4 is 4.90 Å². The predicted molar refractivity (Wildman–Crippen MR) is 76.2 cm³/mol. The van der Waals surface area contributed by atoms with E-state index < -0.39 is 9.84 Å². The summed E-state index contributed by atoms with van der Waals surface area (Å²) in [7, 11) is -3.11. The highest BCUT2D eigenvalue weighted by Crippen LogP contribution is 2.26.